The van der Waals surface area contributed by atoms with Gasteiger partial charge in [-0.1, -0.05) is 37.3 Å². The van der Waals surface area contributed by atoms with Crippen LogP contribution < -0.4 is 10.6 Å². The van der Waals surface area contributed by atoms with Crippen molar-refractivity contribution < 1.29 is 14.3 Å². The van der Waals surface area contributed by atoms with Gasteiger partial charge < -0.3 is 20.1 Å². The molecular formula is C23H35N3O3. The largest absolute Gasteiger partial charge is 0.348 e. The molecule has 1 aromatic carbocycles. The summed E-state index contributed by atoms with van der Waals surface area (Å²) in [6.45, 7) is 7.67. The number of hydrogen-bond acceptors (Lipinski definition) is 4. The maximum absolute atomic E-state index is 12.7. The van der Waals surface area contributed by atoms with Gasteiger partial charge in [0.2, 0.25) is 0 Å². The molecule has 1 aliphatic carbocycles. The van der Waals surface area contributed by atoms with Gasteiger partial charge in [0.25, 0.3) is 0 Å². The number of nitrogens with zero attached hydrogens (tertiary/aromatic N) is 1. The number of fused-ring (bicyclic) bond motifs is 1. The number of ether oxygens (including phenoxy) is 2. The second-order valence-corrected chi connectivity index (χ2v) is 8.86. The topological polar surface area (TPSA) is 62.8 Å². The fourth-order valence-electron chi connectivity index (χ4n) is 5.48. The number of amides is 2. The van der Waals surface area contributed by atoms with Crippen molar-refractivity contribution in [2.24, 2.45) is 5.92 Å². The van der Waals surface area contributed by atoms with Gasteiger partial charge in [0.1, 0.15) is 0 Å². The number of benzene rings is 1. The molecule has 0 radical (unpaired) electrons. The zero-order valence-corrected chi connectivity index (χ0v) is 17.7. The van der Waals surface area contributed by atoms with Crippen molar-refractivity contribution in [2.45, 2.75) is 69.9 Å². The molecule has 2 saturated heterocycles. The molecule has 2 amide bonds. The molecule has 1 aromatic rings. The highest BCUT2D eigenvalue weighted by molar-refractivity contribution is 5.74. The first kappa shape index (κ1) is 20.6. The van der Waals surface area contributed by atoms with E-state index in [1.807, 2.05) is 37.3 Å². The van der Waals surface area contributed by atoms with E-state index in [1.165, 1.54) is 0 Å². The maximum atomic E-state index is 12.7. The van der Waals surface area contributed by atoms with Gasteiger partial charge in [0.05, 0.1) is 19.3 Å². The molecule has 160 valence electrons. The molecule has 2 N–H and O–H groups in total. The van der Waals surface area contributed by atoms with Crippen LogP contribution in [0, 0.1) is 5.92 Å². The van der Waals surface area contributed by atoms with Crippen LogP contribution in [-0.4, -0.2) is 55.1 Å². The predicted molar refractivity (Wildman–Crippen MR) is 113 cm³/mol. The summed E-state index contributed by atoms with van der Waals surface area (Å²) in [4.78, 5) is 15.3. The third-order valence-electron chi connectivity index (χ3n) is 6.76. The molecular weight excluding hydrogens is 366 g/mol. The van der Waals surface area contributed by atoms with E-state index in [4.69, 9.17) is 9.47 Å². The standard InChI is InChI=1S/C23H35N3O3/c1-3-11-26-16-20(25-22(27)24-17(2)18-7-5-4-6-8-18)14-19-15-23(10-9-21(19)26)28-12-13-29-23/h4-8,17,19-21H,3,9-16H2,1-2H3,(H2,24,25,27)/t17-,19+,20-,21+/m0/s1. The Morgan fingerprint density at radius 1 is 1.28 bits per heavy atom. The monoisotopic (exact) mass is 401 g/mol. The average Bonchev–Trinajstić information content (AvgIpc) is 3.16. The molecule has 4 rings (SSSR count). The van der Waals surface area contributed by atoms with Gasteiger partial charge in [-0.05, 0) is 44.2 Å². The minimum Gasteiger partial charge on any atom is -0.348 e. The van der Waals surface area contributed by atoms with Gasteiger partial charge >= 0.3 is 6.03 Å². The molecule has 3 aliphatic rings. The van der Waals surface area contributed by atoms with Crippen LogP contribution in [0.5, 0.6) is 0 Å². The molecule has 1 spiro atoms. The Morgan fingerprint density at radius 2 is 2.03 bits per heavy atom. The lowest BCUT2D eigenvalue weighted by Crippen LogP contribution is -2.60. The molecule has 2 aliphatic heterocycles. The number of hydrogen-bond donors (Lipinski definition) is 2. The van der Waals surface area contributed by atoms with E-state index in [0.717, 1.165) is 50.8 Å². The fraction of sp³-hybridized carbons (Fsp3) is 0.696. The second kappa shape index (κ2) is 9.02. The van der Waals surface area contributed by atoms with Crippen LogP contribution in [0.25, 0.3) is 0 Å². The highest BCUT2D eigenvalue weighted by Gasteiger charge is 2.48. The maximum Gasteiger partial charge on any atom is 0.315 e. The fourth-order valence-corrected chi connectivity index (χ4v) is 5.48. The molecule has 0 unspecified atom stereocenters. The number of piperidine rings is 1. The van der Waals surface area contributed by atoms with Crippen molar-refractivity contribution in [2.75, 3.05) is 26.3 Å². The zero-order valence-electron chi connectivity index (χ0n) is 17.7. The number of urea groups is 1. The van der Waals surface area contributed by atoms with Crippen LogP contribution in [-0.2, 0) is 9.47 Å². The van der Waals surface area contributed by atoms with Crippen LogP contribution >= 0.6 is 0 Å². The Kier molecular flexibility index (Phi) is 6.42. The smallest absolute Gasteiger partial charge is 0.315 e. The van der Waals surface area contributed by atoms with Gasteiger partial charge in [0.15, 0.2) is 5.79 Å². The average molecular weight is 402 g/mol. The molecule has 1 saturated carbocycles. The van der Waals surface area contributed by atoms with E-state index in [2.05, 4.69) is 22.5 Å². The van der Waals surface area contributed by atoms with Gasteiger partial charge in [0, 0.05) is 31.5 Å². The molecule has 6 nitrogen and oxygen atoms in total. The number of carbonyl (C=O) groups excluding carboxylic acids is 1. The van der Waals surface area contributed by atoms with Crippen LogP contribution in [0.1, 0.15) is 57.6 Å². The molecule has 3 fully saturated rings. The zero-order chi connectivity index (χ0) is 20.3. The van der Waals surface area contributed by atoms with E-state index in [9.17, 15) is 4.79 Å². The highest BCUT2D eigenvalue weighted by Crippen LogP contribution is 2.44. The minimum absolute atomic E-state index is 0.0162. The molecule has 0 bridgehead atoms. The third kappa shape index (κ3) is 4.76. The minimum atomic E-state index is -0.370. The highest BCUT2D eigenvalue weighted by atomic mass is 16.7. The van der Waals surface area contributed by atoms with E-state index in [1.54, 1.807) is 0 Å². The van der Waals surface area contributed by atoms with Crippen molar-refractivity contribution in [3.05, 3.63) is 35.9 Å². The summed E-state index contributed by atoms with van der Waals surface area (Å²) in [7, 11) is 0. The van der Waals surface area contributed by atoms with Gasteiger partial charge in [-0.3, -0.25) is 4.90 Å². The third-order valence-corrected chi connectivity index (χ3v) is 6.76. The van der Waals surface area contributed by atoms with Crippen LogP contribution in [0.2, 0.25) is 0 Å². The van der Waals surface area contributed by atoms with Crippen LogP contribution in [0.15, 0.2) is 30.3 Å². The Labute approximate surface area is 174 Å². The first-order valence-corrected chi connectivity index (χ1v) is 11.2. The summed E-state index contributed by atoms with van der Waals surface area (Å²) >= 11 is 0. The quantitative estimate of drug-likeness (QED) is 0.793. The second-order valence-electron chi connectivity index (χ2n) is 8.86. The van der Waals surface area contributed by atoms with E-state index < -0.39 is 0 Å². The van der Waals surface area contributed by atoms with E-state index in [0.29, 0.717) is 25.2 Å². The summed E-state index contributed by atoms with van der Waals surface area (Å²) in [5, 5.41) is 6.34. The Morgan fingerprint density at radius 3 is 2.76 bits per heavy atom. The Bertz CT molecular complexity index is 677. The van der Waals surface area contributed by atoms with Crippen molar-refractivity contribution in [1.82, 2.24) is 15.5 Å². The summed E-state index contributed by atoms with van der Waals surface area (Å²) in [6, 6.07) is 10.7. The lowest BCUT2D eigenvalue weighted by atomic mass is 9.74. The molecule has 0 aromatic heterocycles. The lowest BCUT2D eigenvalue weighted by molar-refractivity contribution is -0.201. The number of carbonyl (C=O) groups is 1. The lowest BCUT2D eigenvalue weighted by Gasteiger charge is -2.50. The summed E-state index contributed by atoms with van der Waals surface area (Å²) in [5.74, 6) is 0.129. The molecule has 4 atom stereocenters. The van der Waals surface area contributed by atoms with E-state index in [-0.39, 0.29) is 23.9 Å². The van der Waals surface area contributed by atoms with Gasteiger partial charge in [-0.15, -0.1) is 0 Å². The molecule has 6 heteroatoms. The number of likely N-dealkylation sites (tertiary alicyclic amines) is 1. The first-order chi connectivity index (χ1) is 14.1. The number of rotatable bonds is 5. The van der Waals surface area contributed by atoms with Gasteiger partial charge in [-0.25, -0.2) is 4.79 Å². The summed E-state index contributed by atoms with van der Waals surface area (Å²) in [6.07, 6.45) is 5.17. The SMILES string of the molecule is CCCN1C[C@@H](NC(=O)N[C@@H](C)c2ccccc2)C[C@@H]2CC3(CC[C@H]21)OCCO3. The van der Waals surface area contributed by atoms with Crippen LogP contribution in [0.3, 0.4) is 0 Å². The normalized spacial score (nSPS) is 29.9. The van der Waals surface area contributed by atoms with Crippen molar-refractivity contribution in [3.63, 3.8) is 0 Å². The Hall–Kier alpha value is -1.63. The van der Waals surface area contributed by atoms with Crippen molar-refractivity contribution in [3.8, 4) is 0 Å². The predicted octanol–water partition coefficient (Wildman–Crippen LogP) is 3.44. The number of nitrogens with one attached hydrogen (secondary N) is 2. The van der Waals surface area contributed by atoms with E-state index >= 15 is 0 Å². The van der Waals surface area contributed by atoms with Gasteiger partial charge in [-0.2, -0.15) is 0 Å². The first-order valence-electron chi connectivity index (χ1n) is 11.2. The molecule has 2 heterocycles. The van der Waals surface area contributed by atoms with Crippen molar-refractivity contribution >= 4 is 6.03 Å². The molecule has 29 heavy (non-hydrogen) atoms. The van der Waals surface area contributed by atoms with Crippen molar-refractivity contribution in [1.29, 1.82) is 0 Å². The Balaban J connectivity index is 1.37. The summed E-state index contributed by atoms with van der Waals surface area (Å²) < 4.78 is 12.0. The summed E-state index contributed by atoms with van der Waals surface area (Å²) in [5.41, 5.74) is 1.11. The van der Waals surface area contributed by atoms with Crippen LogP contribution in [0.4, 0.5) is 4.79 Å².